The zero-order valence-corrected chi connectivity index (χ0v) is 18.1. The Hall–Kier alpha value is -3.11. The number of nitrogens with one attached hydrogen (secondary N) is 1. The zero-order valence-electron chi connectivity index (χ0n) is 17.3. The van der Waals surface area contributed by atoms with E-state index in [2.05, 4.69) is 9.71 Å². The molecule has 2 rings (SSSR count). The fourth-order valence-electron chi connectivity index (χ4n) is 2.86. The van der Waals surface area contributed by atoms with Gasteiger partial charge in [0.05, 0.1) is 11.5 Å². The topological polar surface area (TPSA) is 157 Å². The van der Waals surface area contributed by atoms with Crippen molar-refractivity contribution in [3.63, 3.8) is 0 Å². The first kappa shape index (κ1) is 24.2. The van der Waals surface area contributed by atoms with E-state index < -0.39 is 22.0 Å². The molecule has 0 unspecified atom stereocenters. The molecular weight excluding hydrogens is 420 g/mol. The maximum absolute atomic E-state index is 12.6. The lowest BCUT2D eigenvalue weighted by Crippen LogP contribution is -2.42. The number of rotatable bonds is 12. The van der Waals surface area contributed by atoms with Gasteiger partial charge in [-0.15, -0.1) is 0 Å². The zero-order chi connectivity index (χ0) is 22.9. The fraction of sp³-hybridized carbons (Fsp3) is 0.333. The van der Waals surface area contributed by atoms with Crippen LogP contribution in [0.25, 0.3) is 0 Å². The first-order valence-corrected chi connectivity index (χ1v) is 11.3. The van der Waals surface area contributed by atoms with Crippen LogP contribution in [0.3, 0.4) is 0 Å². The van der Waals surface area contributed by atoms with Crippen LogP contribution in [-0.4, -0.2) is 44.6 Å². The average molecular weight is 449 g/mol. The van der Waals surface area contributed by atoms with Gasteiger partial charge in [-0.25, -0.2) is 8.42 Å². The molecule has 9 nitrogen and oxygen atoms in total. The third kappa shape index (κ3) is 7.91. The van der Waals surface area contributed by atoms with Gasteiger partial charge in [-0.1, -0.05) is 30.3 Å². The second-order valence-corrected chi connectivity index (χ2v) is 8.67. The molecule has 6 N–H and O–H groups in total. The van der Waals surface area contributed by atoms with Gasteiger partial charge in [-0.3, -0.25) is 9.79 Å². The average Bonchev–Trinajstić information content (AvgIpc) is 2.71. The van der Waals surface area contributed by atoms with E-state index in [-0.39, 0.29) is 17.3 Å². The summed E-state index contributed by atoms with van der Waals surface area (Å²) in [5.41, 5.74) is 11.7. The van der Waals surface area contributed by atoms with Crippen LogP contribution < -0.4 is 20.9 Å². The molecule has 0 saturated carbocycles. The van der Waals surface area contributed by atoms with Crippen LogP contribution in [-0.2, 0) is 21.2 Å². The second-order valence-electron chi connectivity index (χ2n) is 6.99. The van der Waals surface area contributed by atoms with Crippen LogP contribution in [0.2, 0.25) is 0 Å². The van der Waals surface area contributed by atoms with E-state index >= 15 is 0 Å². The van der Waals surface area contributed by atoms with Crippen molar-refractivity contribution in [3.05, 3.63) is 59.7 Å². The minimum Gasteiger partial charge on any atom is -0.494 e. The first-order chi connectivity index (χ1) is 14.7. The van der Waals surface area contributed by atoms with Gasteiger partial charge in [0, 0.05) is 6.54 Å². The number of ether oxygens (including phenoxy) is 1. The van der Waals surface area contributed by atoms with E-state index in [0.29, 0.717) is 30.0 Å². The fourth-order valence-corrected chi connectivity index (χ4v) is 4.29. The molecule has 0 bridgehead atoms. The number of hydrogen-bond acceptors (Lipinski definition) is 5. The summed E-state index contributed by atoms with van der Waals surface area (Å²) in [7, 11) is -3.97. The molecule has 10 heteroatoms. The molecule has 0 spiro atoms. The molecule has 0 radical (unpaired) electrons. The number of aryl methyl sites for hydroxylation is 1. The lowest BCUT2D eigenvalue weighted by molar-refractivity contribution is -0.138. The van der Waals surface area contributed by atoms with Gasteiger partial charge in [-0.05, 0) is 55.5 Å². The van der Waals surface area contributed by atoms with E-state index in [4.69, 9.17) is 16.2 Å². The van der Waals surface area contributed by atoms with Crippen molar-refractivity contribution >= 4 is 22.0 Å². The molecule has 31 heavy (non-hydrogen) atoms. The summed E-state index contributed by atoms with van der Waals surface area (Å²) in [5.74, 6) is -0.548. The summed E-state index contributed by atoms with van der Waals surface area (Å²) < 4.78 is 33.2. The number of unbranched alkanes of at least 4 members (excludes halogenated alkanes) is 1. The van der Waals surface area contributed by atoms with Gasteiger partial charge in [-0.2, -0.15) is 4.72 Å². The SMILES string of the molecule is Cc1ccccc1S(=O)(=O)N[C@@H](Cc1ccc(OCCCCN=C(N)N)cc1)C(=O)O. The number of sulfonamides is 1. The molecule has 0 aromatic heterocycles. The van der Waals surface area contributed by atoms with Crippen molar-refractivity contribution in [3.8, 4) is 5.75 Å². The maximum Gasteiger partial charge on any atom is 0.322 e. The summed E-state index contributed by atoms with van der Waals surface area (Å²) in [6, 6.07) is 12.0. The van der Waals surface area contributed by atoms with Crippen LogP contribution in [0, 0.1) is 6.92 Å². The molecule has 2 aromatic carbocycles. The normalized spacial score (nSPS) is 12.2. The lowest BCUT2D eigenvalue weighted by Gasteiger charge is -2.16. The number of carboxylic acids is 1. The second kappa shape index (κ2) is 11.3. The maximum atomic E-state index is 12.6. The van der Waals surface area contributed by atoms with Gasteiger partial charge in [0.15, 0.2) is 5.96 Å². The summed E-state index contributed by atoms with van der Waals surface area (Å²) >= 11 is 0. The van der Waals surface area contributed by atoms with E-state index in [1.54, 1.807) is 49.4 Å². The van der Waals surface area contributed by atoms with Gasteiger partial charge in [0.1, 0.15) is 11.8 Å². The standard InChI is InChI=1S/C21H28N4O5S/c1-15-6-2-3-7-19(15)31(28,29)25-18(20(26)27)14-16-8-10-17(11-9-16)30-13-5-4-12-24-21(22)23/h2-3,6-11,18,25H,4-5,12-14H2,1H3,(H,26,27)(H4,22,23,24)/t18-/m0/s1. The molecular formula is C21H28N4O5S. The van der Waals surface area contributed by atoms with Gasteiger partial charge in [0.25, 0.3) is 0 Å². The largest absolute Gasteiger partial charge is 0.494 e. The van der Waals surface area contributed by atoms with Gasteiger partial charge in [0.2, 0.25) is 10.0 Å². The Morgan fingerprint density at radius 1 is 1.13 bits per heavy atom. The van der Waals surface area contributed by atoms with Crippen molar-refractivity contribution in [2.75, 3.05) is 13.2 Å². The highest BCUT2D eigenvalue weighted by molar-refractivity contribution is 7.89. The highest BCUT2D eigenvalue weighted by Crippen LogP contribution is 2.17. The van der Waals surface area contributed by atoms with Crippen molar-refractivity contribution in [1.29, 1.82) is 0 Å². The molecule has 0 aliphatic rings. The van der Waals surface area contributed by atoms with Crippen molar-refractivity contribution in [2.45, 2.75) is 37.1 Å². The van der Waals surface area contributed by atoms with Crippen LogP contribution >= 0.6 is 0 Å². The Balaban J connectivity index is 1.94. The van der Waals surface area contributed by atoms with E-state index in [9.17, 15) is 18.3 Å². The molecule has 168 valence electrons. The third-order valence-corrected chi connectivity index (χ3v) is 6.09. The quantitative estimate of drug-likeness (QED) is 0.217. The Labute approximate surface area is 182 Å². The molecule has 0 heterocycles. The monoisotopic (exact) mass is 448 g/mol. The summed E-state index contributed by atoms with van der Waals surface area (Å²) in [6.07, 6.45) is 1.57. The van der Waals surface area contributed by atoms with E-state index in [0.717, 1.165) is 12.8 Å². The number of aliphatic imine (C=N–C) groups is 1. The predicted molar refractivity (Wildman–Crippen MR) is 118 cm³/mol. The highest BCUT2D eigenvalue weighted by Gasteiger charge is 2.26. The van der Waals surface area contributed by atoms with Crippen LogP contribution in [0.15, 0.2) is 58.4 Å². The minimum absolute atomic E-state index is 0.000754. The lowest BCUT2D eigenvalue weighted by atomic mass is 10.1. The first-order valence-electron chi connectivity index (χ1n) is 9.77. The Bertz CT molecular complexity index is 1000. The molecule has 0 aliphatic carbocycles. The number of nitrogens with two attached hydrogens (primary N) is 2. The van der Waals surface area contributed by atoms with Crippen molar-refractivity contribution in [1.82, 2.24) is 4.72 Å². The number of guanidine groups is 1. The molecule has 0 fully saturated rings. The van der Waals surface area contributed by atoms with E-state index in [1.165, 1.54) is 6.07 Å². The number of hydrogen-bond donors (Lipinski definition) is 4. The van der Waals surface area contributed by atoms with Crippen molar-refractivity contribution < 1.29 is 23.1 Å². The molecule has 2 aromatic rings. The number of aliphatic carboxylic acids is 1. The van der Waals surface area contributed by atoms with E-state index in [1.807, 2.05) is 0 Å². The number of nitrogens with zero attached hydrogens (tertiary/aromatic N) is 1. The highest BCUT2D eigenvalue weighted by atomic mass is 32.2. The van der Waals surface area contributed by atoms with Gasteiger partial charge < -0.3 is 21.3 Å². The Morgan fingerprint density at radius 3 is 2.42 bits per heavy atom. The molecule has 0 saturated heterocycles. The smallest absolute Gasteiger partial charge is 0.322 e. The third-order valence-electron chi connectivity index (χ3n) is 4.46. The minimum atomic E-state index is -3.97. The summed E-state index contributed by atoms with van der Waals surface area (Å²) in [6.45, 7) is 2.69. The molecule has 1 atom stereocenters. The number of benzene rings is 2. The number of carbonyl (C=O) groups is 1. The van der Waals surface area contributed by atoms with Crippen molar-refractivity contribution in [2.24, 2.45) is 16.5 Å². The molecule has 0 aliphatic heterocycles. The number of carboxylic acid groups (broad SMARTS) is 1. The van der Waals surface area contributed by atoms with Crippen LogP contribution in [0.5, 0.6) is 5.75 Å². The summed E-state index contributed by atoms with van der Waals surface area (Å²) in [4.78, 5) is 15.6. The van der Waals surface area contributed by atoms with Crippen LogP contribution in [0.1, 0.15) is 24.0 Å². The van der Waals surface area contributed by atoms with Crippen LogP contribution in [0.4, 0.5) is 0 Å². The Kier molecular flexibility index (Phi) is 8.83. The predicted octanol–water partition coefficient (Wildman–Crippen LogP) is 1.40. The molecule has 0 amide bonds. The summed E-state index contributed by atoms with van der Waals surface area (Å²) in [5, 5.41) is 9.51. The Morgan fingerprint density at radius 2 is 1.81 bits per heavy atom. The van der Waals surface area contributed by atoms with Gasteiger partial charge >= 0.3 is 5.97 Å².